The summed E-state index contributed by atoms with van der Waals surface area (Å²) >= 11 is 11.7. The summed E-state index contributed by atoms with van der Waals surface area (Å²) in [6.45, 7) is 0. The molecule has 2 unspecified atom stereocenters. The number of hydrazine groups is 1. The summed E-state index contributed by atoms with van der Waals surface area (Å²) in [5.74, 6) is -0.713. The first-order valence-electron chi connectivity index (χ1n) is 9.85. The van der Waals surface area contributed by atoms with E-state index < -0.39 is 11.7 Å². The summed E-state index contributed by atoms with van der Waals surface area (Å²) in [7, 11) is 0. The number of hydrogen-bond acceptors (Lipinski definition) is 4. The van der Waals surface area contributed by atoms with Crippen LogP contribution in [0.1, 0.15) is 47.6 Å². The van der Waals surface area contributed by atoms with Crippen molar-refractivity contribution in [2.45, 2.75) is 43.9 Å². The molecule has 4 N–H and O–H groups in total. The van der Waals surface area contributed by atoms with Crippen LogP contribution >= 0.6 is 23.2 Å². The molecule has 9 heteroatoms. The number of carbonyl (C=O) groups excluding carboxylic acids is 1. The minimum Gasteiger partial charge on any atom is -0.353 e. The number of halogens is 3. The van der Waals surface area contributed by atoms with E-state index in [9.17, 15) is 9.18 Å². The molecule has 2 aromatic rings. The van der Waals surface area contributed by atoms with Crippen LogP contribution in [0.3, 0.4) is 0 Å². The Morgan fingerprint density at radius 1 is 1.10 bits per heavy atom. The van der Waals surface area contributed by atoms with Gasteiger partial charge >= 0.3 is 0 Å². The zero-order valence-electron chi connectivity index (χ0n) is 16.1. The molecule has 0 radical (unpaired) electrons. The molecular formula is C21H22Cl2FN5O. The van der Waals surface area contributed by atoms with Crippen molar-refractivity contribution in [3.05, 3.63) is 69.5 Å². The van der Waals surface area contributed by atoms with Crippen molar-refractivity contribution < 1.29 is 9.18 Å². The molecule has 1 saturated carbocycles. The van der Waals surface area contributed by atoms with E-state index in [-0.39, 0.29) is 28.8 Å². The van der Waals surface area contributed by atoms with Gasteiger partial charge in [0, 0.05) is 29.1 Å². The predicted molar refractivity (Wildman–Crippen MR) is 116 cm³/mol. The maximum atomic E-state index is 13.7. The normalized spacial score (nSPS) is 21.9. The van der Waals surface area contributed by atoms with E-state index in [0.29, 0.717) is 17.4 Å². The molecule has 0 bridgehead atoms. The summed E-state index contributed by atoms with van der Waals surface area (Å²) in [5, 5.41) is 6.72. The highest BCUT2D eigenvalue weighted by Crippen LogP contribution is 2.24. The molecule has 2 fully saturated rings. The lowest BCUT2D eigenvalue weighted by molar-refractivity contribution is 0.0974. The minimum atomic E-state index is -0.637. The van der Waals surface area contributed by atoms with Crippen LogP contribution < -0.4 is 21.5 Å². The fourth-order valence-corrected chi connectivity index (χ4v) is 3.61. The second-order valence-electron chi connectivity index (χ2n) is 7.48. The van der Waals surface area contributed by atoms with Crippen molar-refractivity contribution in [1.29, 1.82) is 0 Å². The topological polar surface area (TPSA) is 77.5 Å². The van der Waals surface area contributed by atoms with Crippen LogP contribution in [-0.4, -0.2) is 24.1 Å². The highest BCUT2D eigenvalue weighted by molar-refractivity contribution is 6.31. The van der Waals surface area contributed by atoms with Gasteiger partial charge in [-0.3, -0.25) is 10.1 Å². The Hall–Kier alpha value is -2.19. The van der Waals surface area contributed by atoms with E-state index in [1.807, 2.05) is 24.3 Å². The number of benzene rings is 2. The van der Waals surface area contributed by atoms with Crippen molar-refractivity contribution in [2.75, 3.05) is 0 Å². The number of rotatable bonds is 4. The van der Waals surface area contributed by atoms with Crippen LogP contribution in [0, 0.1) is 5.82 Å². The standard InChI is InChI=1S/C21H22Cl2FN5O/c22-14-7-4-12(5-8-14)18-11-19(29-28-18)26-21(25-15-2-1-3-15)27-20(30)13-6-9-16(23)17(24)10-13/h4-10,15,18-19,28-29H,1-3,11H2,(H2,25,26,27,30). The van der Waals surface area contributed by atoms with Gasteiger partial charge in [-0.15, -0.1) is 0 Å². The molecule has 1 aliphatic heterocycles. The van der Waals surface area contributed by atoms with E-state index in [4.69, 9.17) is 23.2 Å². The maximum absolute atomic E-state index is 13.7. The number of nitrogens with one attached hydrogen (secondary N) is 4. The molecule has 0 aromatic heterocycles. The van der Waals surface area contributed by atoms with E-state index in [1.54, 1.807) is 0 Å². The number of hydrogen-bond donors (Lipinski definition) is 4. The van der Waals surface area contributed by atoms with Gasteiger partial charge in [-0.2, -0.15) is 0 Å². The van der Waals surface area contributed by atoms with Crippen LogP contribution in [0.5, 0.6) is 0 Å². The Bertz CT molecular complexity index is 949. The van der Waals surface area contributed by atoms with Gasteiger partial charge in [-0.05, 0) is 55.2 Å². The molecule has 158 valence electrons. The Morgan fingerprint density at radius 3 is 2.53 bits per heavy atom. The Balaban J connectivity index is 1.46. The fourth-order valence-electron chi connectivity index (χ4n) is 3.36. The maximum Gasteiger partial charge on any atom is 0.258 e. The molecule has 1 heterocycles. The number of guanidine groups is 1. The molecule has 6 nitrogen and oxygen atoms in total. The molecule has 1 aliphatic carbocycles. The second-order valence-corrected chi connectivity index (χ2v) is 8.32. The van der Waals surface area contributed by atoms with Crippen LogP contribution in [0.4, 0.5) is 4.39 Å². The van der Waals surface area contributed by atoms with Gasteiger partial charge in [0.15, 0.2) is 5.96 Å². The first-order chi connectivity index (χ1) is 14.5. The van der Waals surface area contributed by atoms with Crippen LogP contribution in [0.2, 0.25) is 10.0 Å². The number of aliphatic imine (C=N–C) groups is 1. The SMILES string of the molecule is O=C(NC(=NC1CC(c2ccc(Cl)cc2)NN1)NC1CCC1)c1ccc(Cl)c(F)c1. The average molecular weight is 450 g/mol. The number of amides is 1. The van der Waals surface area contributed by atoms with E-state index in [0.717, 1.165) is 30.9 Å². The van der Waals surface area contributed by atoms with Gasteiger partial charge in [0.1, 0.15) is 12.0 Å². The third kappa shape index (κ3) is 5.10. The number of nitrogens with zero attached hydrogens (tertiary/aromatic N) is 1. The monoisotopic (exact) mass is 449 g/mol. The Labute approximate surface area is 184 Å². The molecule has 4 rings (SSSR count). The summed E-state index contributed by atoms with van der Waals surface area (Å²) in [6, 6.07) is 11.9. The van der Waals surface area contributed by atoms with Gasteiger partial charge < -0.3 is 5.32 Å². The summed E-state index contributed by atoms with van der Waals surface area (Å²) < 4.78 is 13.7. The van der Waals surface area contributed by atoms with Gasteiger partial charge in [0.2, 0.25) is 0 Å². The quantitative estimate of drug-likeness (QED) is 0.421. The fraction of sp³-hybridized carbons (Fsp3) is 0.333. The van der Waals surface area contributed by atoms with Crippen molar-refractivity contribution in [3.8, 4) is 0 Å². The molecule has 1 amide bonds. The number of carbonyl (C=O) groups is 1. The summed E-state index contributed by atoms with van der Waals surface area (Å²) in [5.41, 5.74) is 7.65. The highest BCUT2D eigenvalue weighted by atomic mass is 35.5. The Kier molecular flexibility index (Phi) is 6.53. The van der Waals surface area contributed by atoms with Gasteiger partial charge in [0.05, 0.1) is 5.02 Å². The zero-order chi connectivity index (χ0) is 21.1. The lowest BCUT2D eigenvalue weighted by atomic mass is 9.93. The third-order valence-electron chi connectivity index (χ3n) is 5.30. The largest absolute Gasteiger partial charge is 0.353 e. The smallest absolute Gasteiger partial charge is 0.258 e. The predicted octanol–water partition coefficient (Wildman–Crippen LogP) is 3.93. The van der Waals surface area contributed by atoms with Crippen molar-refractivity contribution in [2.24, 2.45) is 4.99 Å². The van der Waals surface area contributed by atoms with Crippen LogP contribution in [0.25, 0.3) is 0 Å². The molecule has 2 atom stereocenters. The minimum absolute atomic E-state index is 0.0255. The first-order valence-corrected chi connectivity index (χ1v) is 10.6. The molecular weight excluding hydrogens is 428 g/mol. The van der Waals surface area contributed by atoms with Crippen molar-refractivity contribution in [1.82, 2.24) is 21.5 Å². The zero-order valence-corrected chi connectivity index (χ0v) is 17.6. The molecule has 2 aliphatic rings. The Morgan fingerprint density at radius 2 is 1.87 bits per heavy atom. The first kappa shape index (κ1) is 21.1. The average Bonchev–Trinajstić information content (AvgIpc) is 3.15. The third-order valence-corrected chi connectivity index (χ3v) is 5.86. The van der Waals surface area contributed by atoms with Crippen LogP contribution in [-0.2, 0) is 0 Å². The van der Waals surface area contributed by atoms with E-state index >= 15 is 0 Å². The van der Waals surface area contributed by atoms with E-state index in [2.05, 4.69) is 26.5 Å². The second kappa shape index (κ2) is 9.31. The van der Waals surface area contributed by atoms with Crippen LogP contribution in [0.15, 0.2) is 47.5 Å². The van der Waals surface area contributed by atoms with Crippen molar-refractivity contribution >= 4 is 35.1 Å². The molecule has 1 saturated heterocycles. The summed E-state index contributed by atoms with van der Waals surface area (Å²) in [4.78, 5) is 17.3. The van der Waals surface area contributed by atoms with Gasteiger partial charge in [-0.1, -0.05) is 35.3 Å². The van der Waals surface area contributed by atoms with E-state index in [1.165, 1.54) is 12.1 Å². The van der Waals surface area contributed by atoms with Gasteiger partial charge in [0.25, 0.3) is 5.91 Å². The van der Waals surface area contributed by atoms with Crippen molar-refractivity contribution in [3.63, 3.8) is 0 Å². The molecule has 2 aromatic carbocycles. The van der Waals surface area contributed by atoms with Gasteiger partial charge in [-0.25, -0.2) is 20.2 Å². The lowest BCUT2D eigenvalue weighted by Gasteiger charge is -2.28. The molecule has 0 spiro atoms. The molecule has 30 heavy (non-hydrogen) atoms. The highest BCUT2D eigenvalue weighted by Gasteiger charge is 2.26. The summed E-state index contributed by atoms with van der Waals surface area (Å²) in [6.07, 6.45) is 3.64. The lowest BCUT2D eigenvalue weighted by Crippen LogP contribution is -2.49.